The van der Waals surface area contributed by atoms with Crippen LogP contribution in [0.4, 0.5) is 0 Å². The third-order valence-electron chi connectivity index (χ3n) is 3.39. The highest BCUT2D eigenvalue weighted by Crippen LogP contribution is 2.28. The zero-order valence-corrected chi connectivity index (χ0v) is 12.9. The normalized spacial score (nSPS) is 15.9. The van der Waals surface area contributed by atoms with Crippen LogP contribution < -0.4 is 5.73 Å². The van der Waals surface area contributed by atoms with Crippen LogP contribution in [0.25, 0.3) is 0 Å². The van der Waals surface area contributed by atoms with E-state index in [0.717, 1.165) is 0 Å². The first kappa shape index (κ1) is 17.3. The molecule has 0 rings (SSSR count). The van der Waals surface area contributed by atoms with Crippen LogP contribution in [0.1, 0.15) is 54.9 Å². The molecule has 2 unspecified atom stereocenters. The molecule has 0 aliphatic heterocycles. The summed E-state index contributed by atoms with van der Waals surface area (Å²) >= 11 is 0. The second kappa shape index (κ2) is 6.46. The molecule has 0 heterocycles. The number of carbonyl (C=O) groups excluding carboxylic acids is 2. The molecule has 0 saturated heterocycles. The van der Waals surface area contributed by atoms with E-state index >= 15 is 0 Å². The van der Waals surface area contributed by atoms with E-state index < -0.39 is 11.5 Å². The molecular weight excluding hydrogens is 226 g/mol. The third-order valence-corrected chi connectivity index (χ3v) is 3.39. The standard InChI is InChI=1S/C15H29NO2/c1-9(2)11(14(18)15(5,6)7)8-12(17)13(16)10(3)4/h9-11,13H,8,16H2,1-7H3. The SMILES string of the molecule is CC(C)C(N)C(=O)CC(C(=O)C(C)(C)C)C(C)C. The summed E-state index contributed by atoms with van der Waals surface area (Å²) in [4.78, 5) is 24.4. The van der Waals surface area contributed by atoms with Crippen molar-refractivity contribution in [1.29, 1.82) is 0 Å². The molecule has 0 aromatic heterocycles. The van der Waals surface area contributed by atoms with Crippen LogP contribution in [0.2, 0.25) is 0 Å². The van der Waals surface area contributed by atoms with Gasteiger partial charge in [0.1, 0.15) is 5.78 Å². The van der Waals surface area contributed by atoms with E-state index in [1.807, 2.05) is 48.5 Å². The van der Waals surface area contributed by atoms with Gasteiger partial charge in [-0.2, -0.15) is 0 Å². The molecule has 2 atom stereocenters. The van der Waals surface area contributed by atoms with Gasteiger partial charge in [0.25, 0.3) is 0 Å². The molecule has 3 nitrogen and oxygen atoms in total. The van der Waals surface area contributed by atoms with Crippen molar-refractivity contribution in [2.75, 3.05) is 0 Å². The van der Waals surface area contributed by atoms with Gasteiger partial charge in [0.2, 0.25) is 0 Å². The molecule has 18 heavy (non-hydrogen) atoms. The third kappa shape index (κ3) is 4.89. The van der Waals surface area contributed by atoms with Gasteiger partial charge in [0.15, 0.2) is 5.78 Å². The highest BCUT2D eigenvalue weighted by atomic mass is 16.1. The Morgan fingerprint density at radius 3 is 1.72 bits per heavy atom. The van der Waals surface area contributed by atoms with Gasteiger partial charge >= 0.3 is 0 Å². The lowest BCUT2D eigenvalue weighted by Gasteiger charge is -2.28. The second-order valence-electron chi connectivity index (χ2n) is 6.90. The highest BCUT2D eigenvalue weighted by molar-refractivity contribution is 5.92. The summed E-state index contributed by atoms with van der Waals surface area (Å²) in [5.74, 6) is 0.223. The maximum Gasteiger partial charge on any atom is 0.150 e. The molecule has 0 saturated carbocycles. The molecule has 2 N–H and O–H groups in total. The zero-order valence-electron chi connectivity index (χ0n) is 12.9. The second-order valence-corrected chi connectivity index (χ2v) is 6.90. The average Bonchev–Trinajstić information content (AvgIpc) is 2.21. The first-order valence-electron chi connectivity index (χ1n) is 6.81. The zero-order chi connectivity index (χ0) is 14.7. The minimum atomic E-state index is -0.459. The lowest BCUT2D eigenvalue weighted by Crippen LogP contribution is -2.40. The monoisotopic (exact) mass is 255 g/mol. The number of hydrogen-bond donors (Lipinski definition) is 1. The van der Waals surface area contributed by atoms with E-state index in [2.05, 4.69) is 0 Å². The largest absolute Gasteiger partial charge is 0.321 e. The van der Waals surface area contributed by atoms with Crippen LogP contribution >= 0.6 is 0 Å². The average molecular weight is 255 g/mol. The Labute approximate surface area is 112 Å². The van der Waals surface area contributed by atoms with E-state index in [9.17, 15) is 9.59 Å². The minimum Gasteiger partial charge on any atom is -0.321 e. The summed E-state index contributed by atoms with van der Waals surface area (Å²) in [5, 5.41) is 0. The highest BCUT2D eigenvalue weighted by Gasteiger charge is 2.34. The molecule has 0 aliphatic carbocycles. The van der Waals surface area contributed by atoms with Crippen LogP contribution in [-0.4, -0.2) is 17.6 Å². The number of carbonyl (C=O) groups is 2. The van der Waals surface area contributed by atoms with Gasteiger partial charge in [-0.05, 0) is 11.8 Å². The molecule has 0 bridgehead atoms. The topological polar surface area (TPSA) is 60.2 Å². The number of hydrogen-bond acceptors (Lipinski definition) is 3. The molecule has 0 radical (unpaired) electrons. The number of rotatable bonds is 6. The molecule has 0 amide bonds. The molecule has 0 spiro atoms. The van der Waals surface area contributed by atoms with Crippen LogP contribution in [0, 0.1) is 23.2 Å². The fourth-order valence-corrected chi connectivity index (χ4v) is 1.91. The van der Waals surface area contributed by atoms with Gasteiger partial charge < -0.3 is 5.73 Å². The lowest BCUT2D eigenvalue weighted by atomic mass is 9.75. The fraction of sp³-hybridized carbons (Fsp3) is 0.867. The quantitative estimate of drug-likeness (QED) is 0.794. The summed E-state index contributed by atoms with van der Waals surface area (Å²) in [5.41, 5.74) is 5.45. The summed E-state index contributed by atoms with van der Waals surface area (Å²) in [6, 6.07) is -0.459. The van der Waals surface area contributed by atoms with Gasteiger partial charge in [0.05, 0.1) is 6.04 Å². The van der Waals surface area contributed by atoms with Crippen molar-refractivity contribution < 1.29 is 9.59 Å². The predicted octanol–water partition coefficient (Wildman–Crippen LogP) is 2.82. The summed E-state index contributed by atoms with van der Waals surface area (Å²) in [6.07, 6.45) is 0.271. The van der Waals surface area contributed by atoms with E-state index in [1.165, 1.54) is 0 Å². The van der Waals surface area contributed by atoms with Gasteiger partial charge in [0, 0.05) is 17.8 Å². The van der Waals surface area contributed by atoms with Crippen LogP contribution in [0.3, 0.4) is 0 Å². The van der Waals surface area contributed by atoms with Crippen molar-refractivity contribution in [3.8, 4) is 0 Å². The van der Waals surface area contributed by atoms with Crippen molar-refractivity contribution in [2.24, 2.45) is 28.9 Å². The van der Waals surface area contributed by atoms with Gasteiger partial charge in [-0.1, -0.05) is 48.5 Å². The molecule has 106 valence electrons. The molecule has 3 heteroatoms. The summed E-state index contributed by atoms with van der Waals surface area (Å²) in [7, 11) is 0. The Hall–Kier alpha value is -0.700. The van der Waals surface area contributed by atoms with Crippen molar-refractivity contribution in [3.63, 3.8) is 0 Å². The summed E-state index contributed by atoms with van der Waals surface area (Å²) < 4.78 is 0. The maximum absolute atomic E-state index is 12.3. The fourth-order valence-electron chi connectivity index (χ4n) is 1.91. The van der Waals surface area contributed by atoms with Gasteiger partial charge in [-0.25, -0.2) is 0 Å². The number of nitrogens with two attached hydrogens (primary N) is 1. The molecule has 0 aromatic rings. The Kier molecular flexibility index (Phi) is 6.21. The van der Waals surface area contributed by atoms with Crippen LogP contribution in [0.15, 0.2) is 0 Å². The predicted molar refractivity (Wildman–Crippen MR) is 75.2 cm³/mol. The van der Waals surface area contributed by atoms with Gasteiger partial charge in [-0.3, -0.25) is 9.59 Å². The summed E-state index contributed by atoms with van der Waals surface area (Å²) in [6.45, 7) is 13.5. The van der Waals surface area contributed by atoms with E-state index in [4.69, 9.17) is 5.73 Å². The number of ketones is 2. The number of Topliss-reactive ketones (excluding diaryl/α,β-unsaturated/α-hetero) is 2. The molecule has 0 fully saturated rings. The van der Waals surface area contributed by atoms with Crippen LogP contribution in [0.5, 0.6) is 0 Å². The van der Waals surface area contributed by atoms with Crippen molar-refractivity contribution in [2.45, 2.75) is 60.9 Å². The Morgan fingerprint density at radius 1 is 1.00 bits per heavy atom. The molecule has 0 aliphatic rings. The van der Waals surface area contributed by atoms with E-state index in [0.29, 0.717) is 0 Å². The van der Waals surface area contributed by atoms with Crippen molar-refractivity contribution in [1.82, 2.24) is 0 Å². The first-order chi connectivity index (χ1) is 7.98. The van der Waals surface area contributed by atoms with E-state index in [1.54, 1.807) is 0 Å². The first-order valence-corrected chi connectivity index (χ1v) is 6.81. The van der Waals surface area contributed by atoms with Gasteiger partial charge in [-0.15, -0.1) is 0 Å². The van der Waals surface area contributed by atoms with E-state index in [-0.39, 0.29) is 35.7 Å². The minimum absolute atomic E-state index is 0.00120. The molecule has 0 aromatic carbocycles. The maximum atomic E-state index is 12.3. The Morgan fingerprint density at radius 2 is 1.44 bits per heavy atom. The van der Waals surface area contributed by atoms with Crippen molar-refractivity contribution in [3.05, 3.63) is 0 Å². The van der Waals surface area contributed by atoms with Crippen LogP contribution in [-0.2, 0) is 9.59 Å². The van der Waals surface area contributed by atoms with Crippen molar-refractivity contribution >= 4 is 11.6 Å². The Balaban J connectivity index is 4.86. The smallest absolute Gasteiger partial charge is 0.150 e. The Bertz CT molecular complexity index is 300. The lowest BCUT2D eigenvalue weighted by molar-refractivity contribution is -0.135. The molecular formula is C15H29NO2.